The van der Waals surface area contributed by atoms with Crippen LogP contribution in [0.5, 0.6) is 0 Å². The number of nitrogens with zero attached hydrogens (tertiary/aromatic N) is 3. The molecule has 206 valence electrons. The van der Waals surface area contributed by atoms with Gasteiger partial charge in [0.1, 0.15) is 11.9 Å². The van der Waals surface area contributed by atoms with E-state index in [4.69, 9.17) is 19.4 Å². The van der Waals surface area contributed by atoms with Crippen molar-refractivity contribution in [1.82, 2.24) is 14.9 Å². The molecule has 0 spiro atoms. The van der Waals surface area contributed by atoms with Gasteiger partial charge in [0.15, 0.2) is 0 Å². The Hall–Kier alpha value is -2.55. The van der Waals surface area contributed by atoms with E-state index in [1.54, 1.807) is 6.20 Å². The number of ether oxygens (including phenoxy) is 2. The number of likely N-dealkylation sites (tertiary alicyclic amines) is 1. The molecular weight excluding hydrogens is 480 g/mol. The Labute approximate surface area is 226 Å². The molecule has 0 amide bonds. The summed E-state index contributed by atoms with van der Waals surface area (Å²) in [7, 11) is 0. The summed E-state index contributed by atoms with van der Waals surface area (Å²) in [6.45, 7) is 7.90. The second-order valence-electron chi connectivity index (χ2n) is 11.6. The Kier molecular flexibility index (Phi) is 8.61. The average Bonchev–Trinajstić information content (AvgIpc) is 3.36. The van der Waals surface area contributed by atoms with E-state index in [0.717, 1.165) is 74.3 Å². The third-order valence-electron chi connectivity index (χ3n) is 8.16. The first-order valence-electron chi connectivity index (χ1n) is 14.3. The molecule has 2 saturated heterocycles. The van der Waals surface area contributed by atoms with Crippen molar-refractivity contribution in [3.05, 3.63) is 53.0 Å². The Balaban J connectivity index is 1.13. The minimum absolute atomic E-state index is 0.0602. The van der Waals surface area contributed by atoms with Crippen LogP contribution in [0.4, 0.5) is 5.82 Å². The minimum Gasteiger partial charge on any atom is -0.480 e. The Morgan fingerprint density at radius 3 is 3.03 bits per heavy atom. The van der Waals surface area contributed by atoms with Crippen molar-refractivity contribution in [3.63, 3.8) is 0 Å². The molecule has 1 unspecified atom stereocenters. The van der Waals surface area contributed by atoms with Crippen LogP contribution in [0, 0.1) is 0 Å². The first kappa shape index (κ1) is 27.0. The number of carbonyl (C=O) groups is 1. The molecule has 8 nitrogen and oxygen atoms in total. The maximum absolute atomic E-state index is 12.5. The number of hydrogen-bond acceptors (Lipinski definition) is 7. The first-order chi connectivity index (χ1) is 18.4. The van der Waals surface area contributed by atoms with Gasteiger partial charge in [-0.05, 0) is 82.9 Å². The average molecular weight is 523 g/mol. The minimum atomic E-state index is -0.821. The zero-order valence-corrected chi connectivity index (χ0v) is 22.8. The summed E-state index contributed by atoms with van der Waals surface area (Å²) in [4.78, 5) is 24.1. The SMILES string of the molecule is CC1(C)CC(c2ncccc2[C@H](C(=O)O)N2CC[C@@H](OCCCCc3ccc4c(n3)NCCC4)C2)CCO1. The molecule has 0 aromatic carbocycles. The number of unbranched alkanes of at least 4 members (excludes halogenated alkanes) is 1. The third kappa shape index (κ3) is 6.53. The van der Waals surface area contributed by atoms with E-state index >= 15 is 0 Å². The monoisotopic (exact) mass is 522 g/mol. The number of rotatable bonds is 10. The predicted octanol–water partition coefficient (Wildman–Crippen LogP) is 4.75. The van der Waals surface area contributed by atoms with Gasteiger partial charge in [-0.3, -0.25) is 14.7 Å². The highest BCUT2D eigenvalue weighted by Gasteiger charge is 2.38. The van der Waals surface area contributed by atoms with E-state index in [-0.39, 0.29) is 17.6 Å². The fraction of sp³-hybridized carbons (Fsp3) is 0.633. The summed E-state index contributed by atoms with van der Waals surface area (Å²) in [5.74, 6) is 0.437. The predicted molar refractivity (Wildman–Crippen MR) is 147 cm³/mol. The second kappa shape index (κ2) is 12.1. The number of hydrogen-bond donors (Lipinski definition) is 2. The van der Waals surface area contributed by atoms with E-state index < -0.39 is 12.0 Å². The number of pyridine rings is 2. The molecule has 3 aliphatic heterocycles. The highest BCUT2D eigenvalue weighted by atomic mass is 16.5. The van der Waals surface area contributed by atoms with Gasteiger partial charge in [-0.1, -0.05) is 12.1 Å². The largest absolute Gasteiger partial charge is 0.480 e. The lowest BCUT2D eigenvalue weighted by atomic mass is 9.83. The van der Waals surface area contributed by atoms with Gasteiger partial charge in [0.2, 0.25) is 0 Å². The third-order valence-corrected chi connectivity index (χ3v) is 8.16. The lowest BCUT2D eigenvalue weighted by molar-refractivity contribution is -0.143. The standard InChI is InChI=1S/C30H42N4O4/c1-30(2)19-22(13-18-38-30)26-25(9-6-14-31-26)27(29(35)36)34-16-12-24(20-34)37-17-4-3-8-23-11-10-21-7-5-15-32-28(21)33-23/h6,9-11,14,22,24,27H,3-5,7-8,12-13,15-20H2,1-2H3,(H,32,33)(H,35,36)/t22?,24-,27-/m1/s1. The van der Waals surface area contributed by atoms with Crippen LogP contribution in [0.3, 0.4) is 0 Å². The summed E-state index contributed by atoms with van der Waals surface area (Å²) >= 11 is 0. The van der Waals surface area contributed by atoms with E-state index in [9.17, 15) is 9.90 Å². The molecular formula is C30H42N4O4. The van der Waals surface area contributed by atoms with Crippen molar-refractivity contribution < 1.29 is 19.4 Å². The van der Waals surface area contributed by atoms with Gasteiger partial charge in [0.25, 0.3) is 0 Å². The molecule has 38 heavy (non-hydrogen) atoms. The van der Waals surface area contributed by atoms with Crippen LogP contribution in [0.2, 0.25) is 0 Å². The number of aromatic nitrogens is 2. The van der Waals surface area contributed by atoms with Crippen LogP contribution < -0.4 is 5.32 Å². The number of carboxylic acids is 1. The van der Waals surface area contributed by atoms with Crippen molar-refractivity contribution in [2.45, 2.75) is 88.9 Å². The van der Waals surface area contributed by atoms with Crippen LogP contribution in [0.15, 0.2) is 30.5 Å². The van der Waals surface area contributed by atoms with E-state index in [1.165, 1.54) is 12.0 Å². The number of anilines is 1. The number of fused-ring (bicyclic) bond motifs is 1. The molecule has 2 aromatic heterocycles. The molecule has 8 heteroatoms. The van der Waals surface area contributed by atoms with Gasteiger partial charge >= 0.3 is 5.97 Å². The van der Waals surface area contributed by atoms with E-state index in [1.807, 2.05) is 12.1 Å². The number of carboxylic acid groups (broad SMARTS) is 1. The molecule has 0 saturated carbocycles. The smallest absolute Gasteiger partial charge is 0.325 e. The van der Waals surface area contributed by atoms with Crippen molar-refractivity contribution in [3.8, 4) is 0 Å². The summed E-state index contributed by atoms with van der Waals surface area (Å²) < 4.78 is 12.1. The quantitative estimate of drug-likeness (QED) is 0.432. The fourth-order valence-electron chi connectivity index (χ4n) is 6.24. The lowest BCUT2D eigenvalue weighted by Gasteiger charge is -2.36. The molecule has 2 fully saturated rings. The normalized spacial score (nSPS) is 23.9. The molecule has 3 aliphatic rings. The molecule has 3 atom stereocenters. The number of aliphatic carboxylic acids is 1. The summed E-state index contributed by atoms with van der Waals surface area (Å²) in [5, 5.41) is 13.7. The molecule has 5 heterocycles. The maximum Gasteiger partial charge on any atom is 0.325 e. The molecule has 0 radical (unpaired) electrons. The Morgan fingerprint density at radius 2 is 2.18 bits per heavy atom. The number of aryl methyl sites for hydroxylation is 2. The topological polar surface area (TPSA) is 96.8 Å². The molecule has 0 aliphatic carbocycles. The van der Waals surface area contributed by atoms with Gasteiger partial charge in [-0.25, -0.2) is 4.98 Å². The second-order valence-corrected chi connectivity index (χ2v) is 11.6. The number of nitrogens with one attached hydrogen (secondary N) is 1. The van der Waals surface area contributed by atoms with Crippen LogP contribution in [-0.4, -0.2) is 70.5 Å². The highest BCUT2D eigenvalue weighted by Crippen LogP contribution is 2.39. The van der Waals surface area contributed by atoms with Crippen molar-refractivity contribution in [2.75, 3.05) is 38.2 Å². The Bertz CT molecular complexity index is 1110. The van der Waals surface area contributed by atoms with Gasteiger partial charge in [-0.15, -0.1) is 0 Å². The van der Waals surface area contributed by atoms with Crippen LogP contribution in [0.1, 0.15) is 86.8 Å². The molecule has 5 rings (SSSR count). The van der Waals surface area contributed by atoms with Gasteiger partial charge < -0.3 is 19.9 Å². The van der Waals surface area contributed by atoms with Gasteiger partial charge in [-0.2, -0.15) is 0 Å². The molecule has 2 aromatic rings. The maximum atomic E-state index is 12.5. The highest BCUT2D eigenvalue weighted by molar-refractivity contribution is 5.76. The van der Waals surface area contributed by atoms with Crippen LogP contribution in [0.25, 0.3) is 0 Å². The summed E-state index contributed by atoms with van der Waals surface area (Å²) in [6.07, 6.45) is 9.63. The Morgan fingerprint density at radius 1 is 1.29 bits per heavy atom. The van der Waals surface area contributed by atoms with Crippen LogP contribution >= 0.6 is 0 Å². The van der Waals surface area contributed by atoms with Crippen LogP contribution in [-0.2, 0) is 27.1 Å². The van der Waals surface area contributed by atoms with Crippen molar-refractivity contribution in [1.29, 1.82) is 0 Å². The fourth-order valence-corrected chi connectivity index (χ4v) is 6.24. The summed E-state index contributed by atoms with van der Waals surface area (Å²) in [6, 6.07) is 7.46. The van der Waals surface area contributed by atoms with E-state index in [0.29, 0.717) is 26.3 Å². The zero-order chi connectivity index (χ0) is 26.5. The zero-order valence-electron chi connectivity index (χ0n) is 22.8. The summed E-state index contributed by atoms with van der Waals surface area (Å²) in [5.41, 5.74) is 3.95. The van der Waals surface area contributed by atoms with E-state index in [2.05, 4.69) is 36.2 Å². The van der Waals surface area contributed by atoms with Gasteiger partial charge in [0.05, 0.1) is 11.7 Å². The molecule has 2 N–H and O–H groups in total. The van der Waals surface area contributed by atoms with Crippen molar-refractivity contribution >= 4 is 11.8 Å². The van der Waals surface area contributed by atoms with Crippen molar-refractivity contribution in [2.24, 2.45) is 0 Å². The first-order valence-corrected chi connectivity index (χ1v) is 14.3. The molecule has 0 bridgehead atoms. The van der Waals surface area contributed by atoms with Gasteiger partial charge in [0, 0.05) is 61.9 Å². The lowest BCUT2D eigenvalue weighted by Crippen LogP contribution is -2.36.